The number of anilines is 1. The molecule has 1 aliphatic carbocycles. The largest absolute Gasteiger partial charge is 0.507 e. The molecule has 1 fully saturated rings. The van der Waals surface area contributed by atoms with Crippen LogP contribution in [-0.2, 0) is 0 Å². The van der Waals surface area contributed by atoms with E-state index in [1.807, 2.05) is 36.6 Å². The van der Waals surface area contributed by atoms with Gasteiger partial charge < -0.3 is 15.3 Å². The molecule has 1 aromatic carbocycles. The highest BCUT2D eigenvalue weighted by Gasteiger charge is 2.27. The molecule has 0 aliphatic heterocycles. The van der Waals surface area contributed by atoms with Gasteiger partial charge in [0.2, 0.25) is 0 Å². The first kappa shape index (κ1) is 18.2. The van der Waals surface area contributed by atoms with Gasteiger partial charge in [0.25, 0.3) is 0 Å². The normalized spacial score (nSPS) is 20.3. The Kier molecular flexibility index (Phi) is 5.02. The molecule has 0 spiro atoms. The van der Waals surface area contributed by atoms with E-state index >= 15 is 0 Å². The summed E-state index contributed by atoms with van der Waals surface area (Å²) in [5.74, 6) is 1.10. The van der Waals surface area contributed by atoms with E-state index < -0.39 is 0 Å². The third kappa shape index (κ3) is 3.51. The van der Waals surface area contributed by atoms with Crippen LogP contribution in [0.1, 0.15) is 31.2 Å². The predicted octanol–water partition coefficient (Wildman–Crippen LogP) is 4.66. The number of phenolic OH excluding ortho intramolecular Hbond substituents is 1. The third-order valence-electron chi connectivity index (χ3n) is 5.57. The van der Waals surface area contributed by atoms with Crippen molar-refractivity contribution >= 4 is 27.2 Å². The number of hydrogen-bond acceptors (Lipinski definition) is 6. The van der Waals surface area contributed by atoms with Gasteiger partial charge >= 0.3 is 0 Å². The molecule has 2 aromatic heterocycles. The Labute approximate surface area is 164 Å². The van der Waals surface area contributed by atoms with E-state index in [1.165, 1.54) is 19.3 Å². The number of likely N-dealkylation sites (N-methyl/N-ethyl adjacent to an activating group) is 1. The molecule has 5 nitrogen and oxygen atoms in total. The van der Waals surface area contributed by atoms with Gasteiger partial charge in [0, 0.05) is 27.7 Å². The molecule has 2 atom stereocenters. The molecule has 27 heavy (non-hydrogen) atoms. The Bertz CT molecular complexity index is 953. The smallest absolute Gasteiger partial charge is 0.149 e. The SMILES string of the molecule is Cc1cc(N[C@H]2CCCCC2N(C)C)nnc1-c1ccc2sccc2c1O. The highest BCUT2D eigenvalue weighted by molar-refractivity contribution is 7.17. The first-order valence-electron chi connectivity index (χ1n) is 9.51. The Morgan fingerprint density at radius 1 is 1.15 bits per heavy atom. The molecule has 0 bridgehead atoms. The molecule has 6 heteroatoms. The van der Waals surface area contributed by atoms with E-state index in [0.717, 1.165) is 39.1 Å². The summed E-state index contributed by atoms with van der Waals surface area (Å²) in [5, 5.41) is 26.0. The molecule has 1 saturated carbocycles. The van der Waals surface area contributed by atoms with E-state index in [2.05, 4.69) is 34.5 Å². The van der Waals surface area contributed by atoms with E-state index in [9.17, 15) is 5.11 Å². The molecular formula is C21H26N4OS. The van der Waals surface area contributed by atoms with Crippen LogP contribution in [0.3, 0.4) is 0 Å². The molecule has 2 N–H and O–H groups in total. The summed E-state index contributed by atoms with van der Waals surface area (Å²) in [6, 6.07) is 8.87. The van der Waals surface area contributed by atoms with Gasteiger partial charge in [-0.05, 0) is 69.1 Å². The number of aromatic nitrogens is 2. The minimum Gasteiger partial charge on any atom is -0.507 e. The number of fused-ring (bicyclic) bond motifs is 1. The lowest BCUT2D eigenvalue weighted by Crippen LogP contribution is -2.45. The first-order valence-corrected chi connectivity index (χ1v) is 10.4. The van der Waals surface area contributed by atoms with Crippen molar-refractivity contribution in [2.75, 3.05) is 19.4 Å². The summed E-state index contributed by atoms with van der Waals surface area (Å²) in [6.45, 7) is 2.02. The topological polar surface area (TPSA) is 61.3 Å². The van der Waals surface area contributed by atoms with Gasteiger partial charge in [0.05, 0.1) is 5.69 Å². The van der Waals surface area contributed by atoms with Gasteiger partial charge in [-0.2, -0.15) is 0 Å². The Balaban J connectivity index is 1.61. The number of benzene rings is 1. The Morgan fingerprint density at radius 2 is 1.96 bits per heavy atom. The molecule has 1 aliphatic rings. The van der Waals surface area contributed by atoms with Crippen molar-refractivity contribution in [1.29, 1.82) is 0 Å². The average molecular weight is 383 g/mol. The monoisotopic (exact) mass is 382 g/mol. The maximum Gasteiger partial charge on any atom is 0.149 e. The van der Waals surface area contributed by atoms with Crippen LogP contribution in [0.2, 0.25) is 0 Å². The maximum absolute atomic E-state index is 10.7. The van der Waals surface area contributed by atoms with Crippen molar-refractivity contribution in [3.63, 3.8) is 0 Å². The quantitative estimate of drug-likeness (QED) is 0.687. The van der Waals surface area contributed by atoms with Crippen LogP contribution in [0.5, 0.6) is 5.75 Å². The molecule has 4 rings (SSSR count). The van der Waals surface area contributed by atoms with Crippen LogP contribution in [0, 0.1) is 6.92 Å². The zero-order chi connectivity index (χ0) is 19.0. The second kappa shape index (κ2) is 7.44. The second-order valence-corrected chi connectivity index (χ2v) is 8.57. The Morgan fingerprint density at radius 3 is 2.74 bits per heavy atom. The molecule has 2 heterocycles. The van der Waals surface area contributed by atoms with Crippen molar-refractivity contribution < 1.29 is 5.11 Å². The fraction of sp³-hybridized carbons (Fsp3) is 0.429. The lowest BCUT2D eigenvalue weighted by atomic mass is 9.89. The lowest BCUT2D eigenvalue weighted by Gasteiger charge is -2.36. The van der Waals surface area contributed by atoms with Crippen molar-refractivity contribution in [3.05, 3.63) is 35.2 Å². The van der Waals surface area contributed by atoms with Gasteiger partial charge in [-0.15, -0.1) is 21.5 Å². The molecule has 1 unspecified atom stereocenters. The minimum atomic E-state index is 0.284. The fourth-order valence-corrected chi connectivity index (χ4v) is 4.92. The second-order valence-electron chi connectivity index (χ2n) is 7.62. The number of rotatable bonds is 4. The highest BCUT2D eigenvalue weighted by atomic mass is 32.1. The summed E-state index contributed by atoms with van der Waals surface area (Å²) in [5.41, 5.74) is 2.48. The van der Waals surface area contributed by atoms with Crippen molar-refractivity contribution in [2.24, 2.45) is 0 Å². The van der Waals surface area contributed by atoms with E-state index in [-0.39, 0.29) is 5.75 Å². The maximum atomic E-state index is 10.7. The predicted molar refractivity (Wildman–Crippen MR) is 113 cm³/mol. The van der Waals surface area contributed by atoms with Crippen LogP contribution in [0.25, 0.3) is 21.3 Å². The standard InChI is InChI=1S/C21H26N4OS/c1-13-12-19(22-16-6-4-5-7-17(16)25(2)3)23-24-20(13)15-8-9-18-14(21(15)26)10-11-27-18/h8-12,16-17,26H,4-7H2,1-3H3,(H,22,23)/t16-,17?/m0/s1. The molecule has 0 saturated heterocycles. The van der Waals surface area contributed by atoms with Crippen LogP contribution >= 0.6 is 11.3 Å². The number of thiophene rings is 1. The number of phenols is 1. The van der Waals surface area contributed by atoms with Crippen LogP contribution < -0.4 is 5.32 Å². The number of hydrogen-bond donors (Lipinski definition) is 2. The Hall–Kier alpha value is -2.18. The van der Waals surface area contributed by atoms with Gasteiger partial charge in [-0.1, -0.05) is 12.8 Å². The van der Waals surface area contributed by atoms with E-state index in [1.54, 1.807) is 11.3 Å². The zero-order valence-corrected chi connectivity index (χ0v) is 16.9. The van der Waals surface area contributed by atoms with Gasteiger partial charge in [0.1, 0.15) is 11.6 Å². The number of nitrogens with zero attached hydrogens (tertiary/aromatic N) is 3. The van der Waals surface area contributed by atoms with Gasteiger partial charge in [0.15, 0.2) is 0 Å². The number of aryl methyl sites for hydroxylation is 1. The van der Waals surface area contributed by atoms with Crippen LogP contribution in [-0.4, -0.2) is 46.4 Å². The zero-order valence-electron chi connectivity index (χ0n) is 16.1. The molecular weight excluding hydrogens is 356 g/mol. The number of aromatic hydroxyl groups is 1. The highest BCUT2D eigenvalue weighted by Crippen LogP contribution is 2.38. The molecule has 0 amide bonds. The van der Waals surface area contributed by atoms with Gasteiger partial charge in [-0.25, -0.2) is 0 Å². The first-order chi connectivity index (χ1) is 13.0. The summed E-state index contributed by atoms with van der Waals surface area (Å²) in [4.78, 5) is 2.31. The van der Waals surface area contributed by atoms with Crippen LogP contribution in [0.15, 0.2) is 29.6 Å². The summed E-state index contributed by atoms with van der Waals surface area (Å²) < 4.78 is 1.08. The third-order valence-corrected chi connectivity index (χ3v) is 6.45. The molecule has 3 aromatic rings. The van der Waals surface area contributed by atoms with Crippen molar-refractivity contribution in [2.45, 2.75) is 44.7 Å². The summed E-state index contributed by atoms with van der Waals surface area (Å²) >= 11 is 1.62. The molecule has 142 valence electrons. The fourth-order valence-electron chi connectivity index (χ4n) is 4.13. The summed E-state index contributed by atoms with van der Waals surface area (Å²) in [7, 11) is 4.29. The minimum absolute atomic E-state index is 0.284. The summed E-state index contributed by atoms with van der Waals surface area (Å²) in [6.07, 6.45) is 4.90. The number of nitrogens with one attached hydrogen (secondary N) is 1. The van der Waals surface area contributed by atoms with Crippen molar-refractivity contribution in [1.82, 2.24) is 15.1 Å². The van der Waals surface area contributed by atoms with Gasteiger partial charge in [-0.3, -0.25) is 0 Å². The van der Waals surface area contributed by atoms with E-state index in [4.69, 9.17) is 0 Å². The molecule has 0 radical (unpaired) electrons. The van der Waals surface area contributed by atoms with Crippen LogP contribution in [0.4, 0.5) is 5.82 Å². The van der Waals surface area contributed by atoms with Crippen molar-refractivity contribution in [3.8, 4) is 17.0 Å². The van der Waals surface area contributed by atoms with E-state index in [0.29, 0.717) is 12.1 Å². The average Bonchev–Trinajstić information content (AvgIpc) is 3.13. The lowest BCUT2D eigenvalue weighted by molar-refractivity contribution is 0.211.